The van der Waals surface area contributed by atoms with Crippen molar-refractivity contribution in [2.24, 2.45) is 0 Å². The van der Waals surface area contributed by atoms with Gasteiger partial charge in [-0.25, -0.2) is 0 Å². The molecule has 1 aliphatic rings. The molecule has 12 heavy (non-hydrogen) atoms. The van der Waals surface area contributed by atoms with Crippen molar-refractivity contribution in [3.63, 3.8) is 0 Å². The molecule has 0 saturated carbocycles. The maximum absolute atomic E-state index is 10.7. The predicted molar refractivity (Wildman–Crippen MR) is 41.7 cm³/mol. The average Bonchev–Trinajstić information content (AvgIpc) is 1.94. The summed E-state index contributed by atoms with van der Waals surface area (Å²) in [6.07, 6.45) is 0.0211. The highest BCUT2D eigenvalue weighted by molar-refractivity contribution is 5.79. The summed E-state index contributed by atoms with van der Waals surface area (Å²) in [5, 5.41) is 14.0. The van der Waals surface area contributed by atoms with Crippen molar-refractivity contribution in [2.45, 2.75) is 18.9 Å². The molecule has 1 fully saturated rings. The van der Waals surface area contributed by atoms with Gasteiger partial charge in [0.25, 0.3) is 0 Å². The Hall–Kier alpha value is -1.10. The van der Waals surface area contributed by atoms with Gasteiger partial charge in [-0.05, 0) is 6.92 Å². The minimum Gasteiger partial charge on any atom is -0.481 e. The Balaban J connectivity index is 2.49. The predicted octanol–water partition coefficient (Wildman–Crippen LogP) is -1.06. The van der Waals surface area contributed by atoms with E-state index in [-0.39, 0.29) is 18.9 Å². The summed E-state index contributed by atoms with van der Waals surface area (Å²) >= 11 is 0. The first-order chi connectivity index (χ1) is 5.52. The molecule has 1 unspecified atom stereocenters. The smallest absolute Gasteiger partial charge is 0.305 e. The molecule has 0 bridgehead atoms. The Morgan fingerprint density at radius 1 is 1.75 bits per heavy atom. The molecule has 1 amide bonds. The van der Waals surface area contributed by atoms with E-state index in [9.17, 15) is 9.59 Å². The number of amides is 1. The summed E-state index contributed by atoms with van der Waals surface area (Å²) < 4.78 is 0. The van der Waals surface area contributed by atoms with Crippen molar-refractivity contribution in [2.75, 3.05) is 13.1 Å². The third-order valence-electron chi connectivity index (χ3n) is 1.89. The molecule has 0 aromatic heterocycles. The van der Waals surface area contributed by atoms with Gasteiger partial charge in [0.05, 0.1) is 13.0 Å². The third kappa shape index (κ3) is 2.20. The van der Waals surface area contributed by atoms with Crippen molar-refractivity contribution in [3.05, 3.63) is 0 Å². The van der Waals surface area contributed by atoms with Gasteiger partial charge in [-0.3, -0.25) is 9.59 Å². The Morgan fingerprint density at radius 3 is 2.83 bits per heavy atom. The number of carboxylic acids is 1. The van der Waals surface area contributed by atoms with Gasteiger partial charge in [0.15, 0.2) is 0 Å². The maximum atomic E-state index is 10.7. The lowest BCUT2D eigenvalue weighted by Crippen LogP contribution is -2.60. The van der Waals surface area contributed by atoms with Crippen molar-refractivity contribution < 1.29 is 14.7 Å². The van der Waals surface area contributed by atoms with E-state index >= 15 is 0 Å². The molecule has 0 spiro atoms. The summed E-state index contributed by atoms with van der Waals surface area (Å²) in [5.41, 5.74) is -0.500. The number of rotatable bonds is 2. The van der Waals surface area contributed by atoms with Crippen LogP contribution in [-0.4, -0.2) is 35.6 Å². The van der Waals surface area contributed by atoms with E-state index in [2.05, 4.69) is 10.6 Å². The summed E-state index contributed by atoms with van der Waals surface area (Å²) in [5.74, 6) is -0.945. The molecule has 0 aromatic carbocycles. The second-order valence-corrected chi connectivity index (χ2v) is 3.26. The zero-order valence-electron chi connectivity index (χ0n) is 6.89. The highest BCUT2D eigenvalue weighted by Gasteiger charge is 2.31. The molecule has 1 saturated heterocycles. The number of hydrogen-bond acceptors (Lipinski definition) is 3. The van der Waals surface area contributed by atoms with Crippen LogP contribution in [0.3, 0.4) is 0 Å². The van der Waals surface area contributed by atoms with E-state index in [1.54, 1.807) is 6.92 Å². The van der Waals surface area contributed by atoms with Crippen LogP contribution in [0.2, 0.25) is 0 Å². The van der Waals surface area contributed by atoms with Crippen molar-refractivity contribution >= 4 is 11.9 Å². The van der Waals surface area contributed by atoms with Gasteiger partial charge >= 0.3 is 5.97 Å². The topological polar surface area (TPSA) is 78.4 Å². The standard InChI is InChI=1S/C7H12N2O3/c1-7(2-6(11)12)4-8-5(10)3-9-7/h9H,2-4H2,1H3,(H,8,10)(H,11,12). The molecule has 5 heteroatoms. The van der Waals surface area contributed by atoms with Crippen LogP contribution in [0.25, 0.3) is 0 Å². The number of carboxylic acid groups (broad SMARTS) is 1. The normalized spacial score (nSPS) is 29.6. The summed E-state index contributed by atoms with van der Waals surface area (Å²) in [4.78, 5) is 21.1. The van der Waals surface area contributed by atoms with Crippen LogP contribution in [0.1, 0.15) is 13.3 Å². The maximum Gasteiger partial charge on any atom is 0.305 e. The number of hydrogen-bond donors (Lipinski definition) is 3. The minimum absolute atomic E-state index is 0.0211. The number of aliphatic carboxylic acids is 1. The van der Waals surface area contributed by atoms with Gasteiger partial charge in [-0.15, -0.1) is 0 Å². The molecule has 0 aromatic rings. The van der Waals surface area contributed by atoms with Crippen LogP contribution in [0, 0.1) is 0 Å². The Kier molecular flexibility index (Phi) is 2.32. The second-order valence-electron chi connectivity index (χ2n) is 3.26. The van der Waals surface area contributed by atoms with Gasteiger partial charge in [-0.1, -0.05) is 0 Å². The van der Waals surface area contributed by atoms with Gasteiger partial charge < -0.3 is 15.7 Å². The van der Waals surface area contributed by atoms with Gasteiger partial charge in [0.2, 0.25) is 5.91 Å². The quantitative estimate of drug-likeness (QED) is 0.496. The molecular weight excluding hydrogens is 160 g/mol. The number of carbonyl (C=O) groups excluding carboxylic acids is 1. The lowest BCUT2D eigenvalue weighted by atomic mass is 9.96. The highest BCUT2D eigenvalue weighted by atomic mass is 16.4. The van der Waals surface area contributed by atoms with E-state index in [1.807, 2.05) is 0 Å². The molecule has 68 valence electrons. The zero-order chi connectivity index (χ0) is 9.19. The van der Waals surface area contributed by atoms with Crippen LogP contribution in [0.5, 0.6) is 0 Å². The lowest BCUT2D eigenvalue weighted by Gasteiger charge is -2.33. The highest BCUT2D eigenvalue weighted by Crippen LogP contribution is 2.10. The summed E-state index contributed by atoms with van der Waals surface area (Å²) in [6.45, 7) is 2.35. The van der Waals surface area contributed by atoms with Crippen LogP contribution in [-0.2, 0) is 9.59 Å². The number of nitrogens with one attached hydrogen (secondary N) is 2. The molecule has 0 radical (unpaired) electrons. The average molecular weight is 172 g/mol. The van der Waals surface area contributed by atoms with Crippen LogP contribution >= 0.6 is 0 Å². The third-order valence-corrected chi connectivity index (χ3v) is 1.89. The first-order valence-corrected chi connectivity index (χ1v) is 3.75. The van der Waals surface area contributed by atoms with Crippen molar-refractivity contribution in [1.29, 1.82) is 0 Å². The molecular formula is C7H12N2O3. The van der Waals surface area contributed by atoms with Gasteiger partial charge in [0.1, 0.15) is 0 Å². The van der Waals surface area contributed by atoms with Crippen molar-refractivity contribution in [1.82, 2.24) is 10.6 Å². The first kappa shape index (κ1) is 8.99. The first-order valence-electron chi connectivity index (χ1n) is 3.75. The van der Waals surface area contributed by atoms with Gasteiger partial charge in [0, 0.05) is 12.1 Å². The SMILES string of the molecule is CC1(CC(=O)O)CNC(=O)CN1. The molecule has 1 rings (SSSR count). The fraction of sp³-hybridized carbons (Fsp3) is 0.714. The van der Waals surface area contributed by atoms with E-state index in [0.717, 1.165) is 0 Å². The molecule has 1 heterocycles. The van der Waals surface area contributed by atoms with E-state index in [4.69, 9.17) is 5.11 Å². The molecule has 1 atom stereocenters. The van der Waals surface area contributed by atoms with E-state index in [0.29, 0.717) is 6.54 Å². The number of piperazine rings is 1. The lowest BCUT2D eigenvalue weighted by molar-refractivity contribution is -0.139. The van der Waals surface area contributed by atoms with Crippen LogP contribution < -0.4 is 10.6 Å². The fourth-order valence-corrected chi connectivity index (χ4v) is 1.17. The molecule has 3 N–H and O–H groups in total. The van der Waals surface area contributed by atoms with E-state index < -0.39 is 11.5 Å². The molecule has 5 nitrogen and oxygen atoms in total. The fourth-order valence-electron chi connectivity index (χ4n) is 1.17. The van der Waals surface area contributed by atoms with Crippen LogP contribution in [0.4, 0.5) is 0 Å². The molecule has 1 aliphatic heterocycles. The summed E-state index contributed by atoms with van der Waals surface area (Å²) in [7, 11) is 0. The Bertz CT molecular complexity index is 205. The van der Waals surface area contributed by atoms with Gasteiger partial charge in [-0.2, -0.15) is 0 Å². The summed E-state index contributed by atoms with van der Waals surface area (Å²) in [6, 6.07) is 0. The second kappa shape index (κ2) is 3.10. The largest absolute Gasteiger partial charge is 0.481 e. The Morgan fingerprint density at radius 2 is 2.42 bits per heavy atom. The monoisotopic (exact) mass is 172 g/mol. The van der Waals surface area contributed by atoms with Crippen molar-refractivity contribution in [3.8, 4) is 0 Å². The number of carbonyl (C=O) groups is 2. The van der Waals surface area contributed by atoms with Crippen LogP contribution in [0.15, 0.2) is 0 Å². The zero-order valence-corrected chi connectivity index (χ0v) is 6.89. The van der Waals surface area contributed by atoms with E-state index in [1.165, 1.54) is 0 Å². The Labute approximate surface area is 70.1 Å². The molecule has 0 aliphatic carbocycles. The minimum atomic E-state index is -0.860.